The molecule has 23 heavy (non-hydrogen) atoms. The summed E-state index contributed by atoms with van der Waals surface area (Å²) in [6.07, 6.45) is 0. The van der Waals surface area contributed by atoms with Crippen molar-refractivity contribution in [3.8, 4) is 0 Å². The zero-order chi connectivity index (χ0) is 16.3. The van der Waals surface area contributed by atoms with Crippen molar-refractivity contribution in [1.29, 1.82) is 0 Å². The Morgan fingerprint density at radius 3 is 2.70 bits per heavy atom. The molecule has 4 heterocycles. The summed E-state index contributed by atoms with van der Waals surface area (Å²) in [6.45, 7) is 0.105. The molecule has 0 N–H and O–H groups in total. The number of ether oxygens (including phenoxy) is 1. The van der Waals surface area contributed by atoms with Gasteiger partial charge in [0.05, 0.1) is 11.3 Å². The van der Waals surface area contributed by atoms with Crippen molar-refractivity contribution in [3.63, 3.8) is 0 Å². The third-order valence-corrected chi connectivity index (χ3v) is 5.34. The summed E-state index contributed by atoms with van der Waals surface area (Å²) in [5, 5.41) is 1.90. The molecule has 2 atom stereocenters. The van der Waals surface area contributed by atoms with E-state index in [1.54, 1.807) is 7.05 Å². The molecule has 2 aromatic rings. The second-order valence-electron chi connectivity index (χ2n) is 5.62. The number of hydrogen-bond acceptors (Lipinski definition) is 6. The molecule has 2 aliphatic heterocycles. The van der Waals surface area contributed by atoms with Crippen LogP contribution in [0.1, 0.15) is 16.4 Å². The molecule has 7 nitrogen and oxygen atoms in total. The summed E-state index contributed by atoms with van der Waals surface area (Å²) < 4.78 is 7.54. The zero-order valence-corrected chi connectivity index (χ0v) is 13.3. The van der Waals surface area contributed by atoms with Gasteiger partial charge >= 0.3 is 11.7 Å². The summed E-state index contributed by atoms with van der Waals surface area (Å²) in [7, 11) is 3.01. The molecule has 2 unspecified atom stereocenters. The standard InChI is InChI=1S/C15H13N3O4S/c1-17-12-11(13(19)18(2)15(17)21)10(8-4-3-5-23-8)9-7(16-12)6-22-14(9)20/h3-5,9-10H,6H2,1-2H3. The average molecular weight is 331 g/mol. The quantitative estimate of drug-likeness (QED) is 0.714. The van der Waals surface area contributed by atoms with Gasteiger partial charge in [-0.1, -0.05) is 6.07 Å². The normalized spacial score (nSPS) is 22.3. The lowest BCUT2D eigenvalue weighted by Crippen LogP contribution is -2.43. The highest BCUT2D eigenvalue weighted by atomic mass is 32.1. The van der Waals surface area contributed by atoms with E-state index in [-0.39, 0.29) is 12.6 Å². The van der Waals surface area contributed by atoms with E-state index in [0.717, 1.165) is 9.44 Å². The first-order valence-electron chi connectivity index (χ1n) is 7.08. The zero-order valence-electron chi connectivity index (χ0n) is 12.5. The minimum Gasteiger partial charge on any atom is -0.459 e. The van der Waals surface area contributed by atoms with E-state index in [1.807, 2.05) is 17.5 Å². The van der Waals surface area contributed by atoms with Crippen molar-refractivity contribution in [2.45, 2.75) is 5.92 Å². The van der Waals surface area contributed by atoms with Gasteiger partial charge in [-0.05, 0) is 11.4 Å². The number of carbonyl (C=O) groups excluding carboxylic acids is 1. The van der Waals surface area contributed by atoms with Crippen LogP contribution in [0, 0.1) is 5.92 Å². The van der Waals surface area contributed by atoms with E-state index in [0.29, 0.717) is 17.1 Å². The molecule has 1 fully saturated rings. The lowest BCUT2D eigenvalue weighted by molar-refractivity contribution is -0.141. The van der Waals surface area contributed by atoms with Gasteiger partial charge in [-0.2, -0.15) is 0 Å². The van der Waals surface area contributed by atoms with Crippen LogP contribution >= 0.6 is 11.3 Å². The van der Waals surface area contributed by atoms with E-state index in [2.05, 4.69) is 4.99 Å². The van der Waals surface area contributed by atoms with E-state index >= 15 is 0 Å². The average Bonchev–Trinajstić information content (AvgIpc) is 3.19. The van der Waals surface area contributed by atoms with E-state index in [4.69, 9.17) is 4.74 Å². The van der Waals surface area contributed by atoms with Gasteiger partial charge in [-0.15, -0.1) is 11.3 Å². The Morgan fingerprint density at radius 1 is 1.22 bits per heavy atom. The van der Waals surface area contributed by atoms with Gasteiger partial charge in [0.15, 0.2) is 0 Å². The van der Waals surface area contributed by atoms with E-state index in [1.165, 1.54) is 23.0 Å². The fourth-order valence-corrected chi connectivity index (χ4v) is 4.11. The molecule has 0 saturated carbocycles. The second kappa shape index (κ2) is 4.76. The van der Waals surface area contributed by atoms with Gasteiger partial charge in [0.1, 0.15) is 18.3 Å². The highest BCUT2D eigenvalue weighted by Crippen LogP contribution is 2.43. The van der Waals surface area contributed by atoms with Crippen LogP contribution in [0.4, 0.5) is 5.82 Å². The van der Waals surface area contributed by atoms with Crippen LogP contribution < -0.4 is 11.2 Å². The van der Waals surface area contributed by atoms with Gasteiger partial charge in [0, 0.05) is 24.9 Å². The van der Waals surface area contributed by atoms with Crippen LogP contribution in [-0.2, 0) is 23.6 Å². The van der Waals surface area contributed by atoms with Crippen molar-refractivity contribution in [2.24, 2.45) is 25.0 Å². The molecule has 0 radical (unpaired) electrons. The first kappa shape index (κ1) is 14.1. The second-order valence-corrected chi connectivity index (χ2v) is 6.60. The van der Waals surface area contributed by atoms with Gasteiger partial charge in [-0.3, -0.25) is 18.7 Å². The molecule has 8 heteroatoms. The highest BCUT2D eigenvalue weighted by Gasteiger charge is 2.47. The fraction of sp³-hybridized carbons (Fsp3) is 0.333. The number of esters is 1. The van der Waals surface area contributed by atoms with Crippen LogP contribution in [0.2, 0.25) is 0 Å². The fourth-order valence-electron chi connectivity index (χ4n) is 3.24. The first-order chi connectivity index (χ1) is 11.0. The van der Waals surface area contributed by atoms with Crippen molar-refractivity contribution in [1.82, 2.24) is 9.13 Å². The van der Waals surface area contributed by atoms with Gasteiger partial charge in [-0.25, -0.2) is 9.79 Å². The van der Waals surface area contributed by atoms with Crippen molar-refractivity contribution in [3.05, 3.63) is 48.8 Å². The molecule has 0 amide bonds. The Balaban J connectivity index is 2.11. The molecule has 118 valence electrons. The Kier molecular flexibility index (Phi) is 2.92. The monoisotopic (exact) mass is 331 g/mol. The number of cyclic esters (lactones) is 1. The molecular weight excluding hydrogens is 318 g/mol. The number of fused-ring (bicyclic) bond motifs is 2. The van der Waals surface area contributed by atoms with Gasteiger partial charge in [0.2, 0.25) is 0 Å². The third-order valence-electron chi connectivity index (χ3n) is 4.39. The topological polar surface area (TPSA) is 82.7 Å². The maximum Gasteiger partial charge on any atom is 0.332 e. The number of hydrogen-bond donors (Lipinski definition) is 0. The molecule has 0 aliphatic carbocycles. The number of thiophene rings is 1. The molecule has 4 rings (SSSR count). The third kappa shape index (κ3) is 1.81. The Labute approximate surface area is 134 Å². The SMILES string of the molecule is Cn1c2c(c(=O)n(C)c1=O)C(c1cccs1)C1C(=O)OCC1=N2. The predicted octanol–water partition coefficient (Wildman–Crippen LogP) is 0.536. The highest BCUT2D eigenvalue weighted by molar-refractivity contribution is 7.10. The van der Waals surface area contributed by atoms with Crippen molar-refractivity contribution >= 4 is 28.8 Å². The van der Waals surface area contributed by atoms with Gasteiger partial charge < -0.3 is 4.74 Å². The Hall–Kier alpha value is -2.48. The van der Waals surface area contributed by atoms with Crippen LogP contribution in [0.15, 0.2) is 32.1 Å². The summed E-state index contributed by atoms with van der Waals surface area (Å²) in [6, 6.07) is 3.76. The van der Waals surface area contributed by atoms with E-state index < -0.39 is 23.1 Å². The van der Waals surface area contributed by atoms with Crippen molar-refractivity contribution in [2.75, 3.05) is 6.61 Å². The number of carbonyl (C=O) groups is 1. The summed E-state index contributed by atoms with van der Waals surface area (Å²) in [5.41, 5.74) is 0.101. The number of aliphatic imine (C=N–C) groups is 1. The van der Waals surface area contributed by atoms with Crippen LogP contribution in [0.3, 0.4) is 0 Å². The molecule has 0 bridgehead atoms. The molecule has 2 aliphatic rings. The molecule has 1 saturated heterocycles. The molecular formula is C15H13N3O4S. The molecule has 2 aromatic heterocycles. The summed E-state index contributed by atoms with van der Waals surface area (Å²) in [4.78, 5) is 42.4. The number of aromatic nitrogens is 2. The minimum atomic E-state index is -0.591. The first-order valence-corrected chi connectivity index (χ1v) is 7.96. The van der Waals surface area contributed by atoms with Crippen LogP contribution in [-0.4, -0.2) is 27.4 Å². The largest absolute Gasteiger partial charge is 0.459 e. The molecule has 0 aromatic carbocycles. The lowest BCUT2D eigenvalue weighted by Gasteiger charge is -2.26. The number of rotatable bonds is 1. The van der Waals surface area contributed by atoms with Crippen LogP contribution in [0.5, 0.6) is 0 Å². The minimum absolute atomic E-state index is 0.105. The lowest BCUT2D eigenvalue weighted by atomic mass is 9.81. The number of nitrogens with zero attached hydrogens (tertiary/aromatic N) is 3. The Bertz CT molecular complexity index is 968. The van der Waals surface area contributed by atoms with Crippen LogP contribution in [0.25, 0.3) is 0 Å². The van der Waals surface area contributed by atoms with E-state index in [9.17, 15) is 14.4 Å². The maximum absolute atomic E-state index is 12.7. The maximum atomic E-state index is 12.7. The smallest absolute Gasteiger partial charge is 0.332 e. The Morgan fingerprint density at radius 2 is 2.00 bits per heavy atom. The predicted molar refractivity (Wildman–Crippen MR) is 84.6 cm³/mol. The van der Waals surface area contributed by atoms with Crippen molar-refractivity contribution < 1.29 is 9.53 Å². The summed E-state index contributed by atoms with van der Waals surface area (Å²) >= 11 is 1.47. The summed E-state index contributed by atoms with van der Waals surface area (Å²) in [5.74, 6) is -1.10. The van der Waals surface area contributed by atoms with Gasteiger partial charge in [0.25, 0.3) is 5.56 Å². The molecule has 0 spiro atoms.